The van der Waals surface area contributed by atoms with E-state index in [1.54, 1.807) is 0 Å². The molecule has 0 saturated carbocycles. The summed E-state index contributed by atoms with van der Waals surface area (Å²) in [5.74, 6) is 0.586. The van der Waals surface area contributed by atoms with E-state index in [2.05, 4.69) is 33.0 Å². The molecule has 1 saturated heterocycles. The smallest absolute Gasteiger partial charge is 0.0812 e. The molecule has 2 atom stereocenters. The predicted molar refractivity (Wildman–Crippen MR) is 48.1 cm³/mol. The zero-order valence-corrected chi connectivity index (χ0v) is 7.88. The summed E-state index contributed by atoms with van der Waals surface area (Å²) in [4.78, 5) is 1.04. The molecule has 0 aromatic heterocycles. The van der Waals surface area contributed by atoms with Gasteiger partial charge in [-0.05, 0) is 12.3 Å². The molecule has 1 nitrogen and oxygen atoms in total. The largest absolute Gasteiger partial charge is 0.376 e. The van der Waals surface area contributed by atoms with E-state index in [-0.39, 0.29) is 0 Å². The van der Waals surface area contributed by atoms with Crippen molar-refractivity contribution in [2.24, 2.45) is 11.3 Å². The van der Waals surface area contributed by atoms with Gasteiger partial charge in [-0.1, -0.05) is 33.0 Å². The first-order chi connectivity index (χ1) is 4.43. The van der Waals surface area contributed by atoms with Crippen molar-refractivity contribution in [3.05, 3.63) is 0 Å². The Morgan fingerprint density at radius 2 is 1.90 bits per heavy atom. The lowest BCUT2D eigenvalue weighted by molar-refractivity contribution is 0.227. The highest BCUT2D eigenvalue weighted by atomic mass is 32.1. The van der Waals surface area contributed by atoms with E-state index >= 15 is 0 Å². The molecule has 0 aromatic rings. The first kappa shape index (κ1) is 7.99. The van der Waals surface area contributed by atoms with Crippen molar-refractivity contribution in [1.29, 1.82) is 0 Å². The molecule has 0 bridgehead atoms. The molecule has 0 aliphatic carbocycles. The maximum atomic E-state index is 5.12. The standard InChI is InChI=1S/C8H15NS/c1-5-6(7(10)9-5)8(2,3)4/h5-6H,1-4H3,(H,9,10). The minimum atomic E-state index is 0.335. The van der Waals surface area contributed by atoms with Gasteiger partial charge in [0.2, 0.25) is 0 Å². The summed E-state index contributed by atoms with van der Waals surface area (Å²) in [7, 11) is 0. The molecule has 1 rings (SSSR count). The molecule has 1 aliphatic heterocycles. The van der Waals surface area contributed by atoms with Gasteiger partial charge in [-0.2, -0.15) is 0 Å². The first-order valence-electron chi connectivity index (χ1n) is 3.73. The zero-order valence-electron chi connectivity index (χ0n) is 7.06. The summed E-state index contributed by atoms with van der Waals surface area (Å²) in [6.07, 6.45) is 0. The minimum Gasteiger partial charge on any atom is -0.376 e. The third kappa shape index (κ3) is 1.17. The molecule has 0 aromatic carbocycles. The Hall–Kier alpha value is -0.110. The molecule has 2 heteroatoms. The quantitative estimate of drug-likeness (QED) is 0.540. The van der Waals surface area contributed by atoms with Crippen LogP contribution in [-0.2, 0) is 0 Å². The van der Waals surface area contributed by atoms with E-state index in [9.17, 15) is 0 Å². The Bertz CT molecular complexity index is 157. The van der Waals surface area contributed by atoms with Crippen LogP contribution in [0.4, 0.5) is 0 Å². The molecule has 10 heavy (non-hydrogen) atoms. The van der Waals surface area contributed by atoms with Crippen LogP contribution in [0, 0.1) is 11.3 Å². The molecule has 1 fully saturated rings. The Balaban J connectivity index is 2.64. The van der Waals surface area contributed by atoms with E-state index in [0.717, 1.165) is 4.99 Å². The SMILES string of the molecule is CC1NC(=S)C1C(C)(C)C. The molecule has 2 unspecified atom stereocenters. The van der Waals surface area contributed by atoms with Crippen molar-refractivity contribution in [3.8, 4) is 0 Å². The number of hydrogen-bond acceptors (Lipinski definition) is 1. The maximum Gasteiger partial charge on any atom is 0.0812 e. The van der Waals surface area contributed by atoms with Crippen LogP contribution in [0.3, 0.4) is 0 Å². The summed E-state index contributed by atoms with van der Waals surface area (Å²) in [5, 5.41) is 3.19. The van der Waals surface area contributed by atoms with E-state index in [0.29, 0.717) is 17.4 Å². The van der Waals surface area contributed by atoms with Crippen LogP contribution in [0.1, 0.15) is 27.7 Å². The van der Waals surface area contributed by atoms with Gasteiger partial charge in [-0.15, -0.1) is 0 Å². The normalized spacial score (nSPS) is 33.0. The van der Waals surface area contributed by atoms with Gasteiger partial charge in [0, 0.05) is 12.0 Å². The van der Waals surface area contributed by atoms with Gasteiger partial charge in [0.25, 0.3) is 0 Å². The average Bonchev–Trinajstić information content (AvgIpc) is 1.58. The second kappa shape index (κ2) is 2.19. The van der Waals surface area contributed by atoms with Crippen molar-refractivity contribution in [2.45, 2.75) is 33.7 Å². The lowest BCUT2D eigenvalue weighted by Gasteiger charge is -2.45. The van der Waals surface area contributed by atoms with E-state index in [1.165, 1.54) is 0 Å². The maximum absolute atomic E-state index is 5.12. The number of hydrogen-bond donors (Lipinski definition) is 1. The fraction of sp³-hybridized carbons (Fsp3) is 0.875. The van der Waals surface area contributed by atoms with Gasteiger partial charge in [0.1, 0.15) is 0 Å². The molecule has 0 spiro atoms. The lowest BCUT2D eigenvalue weighted by atomic mass is 9.72. The predicted octanol–water partition coefficient (Wildman–Crippen LogP) is 1.97. The molecule has 0 amide bonds. The van der Waals surface area contributed by atoms with Gasteiger partial charge in [-0.25, -0.2) is 0 Å². The second-order valence-electron chi connectivity index (χ2n) is 4.14. The Labute approximate surface area is 68.2 Å². The summed E-state index contributed by atoms with van der Waals surface area (Å²) in [5.41, 5.74) is 0.335. The van der Waals surface area contributed by atoms with Gasteiger partial charge >= 0.3 is 0 Å². The molecule has 1 heterocycles. The Kier molecular flexibility index (Phi) is 1.75. The van der Waals surface area contributed by atoms with Crippen molar-refractivity contribution in [2.75, 3.05) is 0 Å². The highest BCUT2D eigenvalue weighted by molar-refractivity contribution is 7.80. The molecular weight excluding hydrogens is 142 g/mol. The Morgan fingerprint density at radius 3 is 2.00 bits per heavy atom. The van der Waals surface area contributed by atoms with Crippen LogP contribution in [0.2, 0.25) is 0 Å². The third-order valence-corrected chi connectivity index (χ3v) is 2.46. The van der Waals surface area contributed by atoms with E-state index < -0.39 is 0 Å². The molecule has 1 N–H and O–H groups in total. The monoisotopic (exact) mass is 157 g/mol. The van der Waals surface area contributed by atoms with Crippen LogP contribution in [-0.4, -0.2) is 11.0 Å². The van der Waals surface area contributed by atoms with Crippen molar-refractivity contribution in [1.82, 2.24) is 5.32 Å². The van der Waals surface area contributed by atoms with Crippen molar-refractivity contribution < 1.29 is 0 Å². The average molecular weight is 157 g/mol. The lowest BCUT2D eigenvalue weighted by Crippen LogP contribution is -2.60. The number of rotatable bonds is 0. The molecular formula is C8H15NS. The molecule has 0 radical (unpaired) electrons. The van der Waals surface area contributed by atoms with Crippen LogP contribution >= 0.6 is 12.2 Å². The van der Waals surface area contributed by atoms with Crippen LogP contribution < -0.4 is 5.32 Å². The van der Waals surface area contributed by atoms with Crippen LogP contribution in [0.25, 0.3) is 0 Å². The topological polar surface area (TPSA) is 12.0 Å². The minimum absolute atomic E-state index is 0.335. The third-order valence-electron chi connectivity index (χ3n) is 2.09. The summed E-state index contributed by atoms with van der Waals surface area (Å²) in [6.45, 7) is 8.90. The van der Waals surface area contributed by atoms with Gasteiger partial charge in [0.05, 0.1) is 4.99 Å². The fourth-order valence-electron chi connectivity index (χ4n) is 1.67. The van der Waals surface area contributed by atoms with Crippen molar-refractivity contribution >= 4 is 17.2 Å². The second-order valence-corrected chi connectivity index (χ2v) is 4.58. The number of nitrogens with one attached hydrogen (secondary N) is 1. The Morgan fingerprint density at radius 1 is 1.40 bits per heavy atom. The summed E-state index contributed by atoms with van der Waals surface area (Å²) < 4.78 is 0. The van der Waals surface area contributed by atoms with Gasteiger partial charge in [-0.3, -0.25) is 0 Å². The number of thiocarbonyl (C=S) groups is 1. The van der Waals surface area contributed by atoms with E-state index in [4.69, 9.17) is 12.2 Å². The van der Waals surface area contributed by atoms with E-state index in [1.807, 2.05) is 0 Å². The van der Waals surface area contributed by atoms with Gasteiger partial charge in [0.15, 0.2) is 0 Å². The fourth-order valence-corrected chi connectivity index (χ4v) is 2.42. The zero-order chi connectivity index (χ0) is 7.94. The van der Waals surface area contributed by atoms with Crippen LogP contribution in [0.5, 0.6) is 0 Å². The first-order valence-corrected chi connectivity index (χ1v) is 4.14. The molecule has 1 aliphatic rings. The summed E-state index contributed by atoms with van der Waals surface area (Å²) in [6, 6.07) is 0.576. The highest BCUT2D eigenvalue weighted by Crippen LogP contribution is 2.34. The van der Waals surface area contributed by atoms with Crippen LogP contribution in [0.15, 0.2) is 0 Å². The van der Waals surface area contributed by atoms with Gasteiger partial charge < -0.3 is 5.32 Å². The summed E-state index contributed by atoms with van der Waals surface area (Å²) >= 11 is 5.12. The highest BCUT2D eigenvalue weighted by Gasteiger charge is 2.40. The molecule has 58 valence electrons. The van der Waals surface area contributed by atoms with Crippen molar-refractivity contribution in [3.63, 3.8) is 0 Å².